The zero-order valence-electron chi connectivity index (χ0n) is 15.3. The van der Waals surface area contributed by atoms with E-state index in [0.717, 1.165) is 32.1 Å². The predicted molar refractivity (Wildman–Crippen MR) is 93.0 cm³/mol. The standard InChI is InChI=1S/C15H19N3O2S.C2HF3O2/c1-10-3-4-13(21-10)6-18-5-12-7-19-9-15(12,8-18)14-16-11(2)17-20-14;3-2(4,5)1(6)7/h3-4,12H,5-9H2,1-2H3;(H,6,7)/t12-,15-;/m1./s1. The molecule has 2 saturated heterocycles. The SMILES string of the molecule is Cc1noc([C@]23COC[C@H]2CN(Cc2ccc(C)s2)C3)n1.O=C(O)C(F)(F)F. The summed E-state index contributed by atoms with van der Waals surface area (Å²) >= 11 is 1.88. The molecule has 28 heavy (non-hydrogen) atoms. The van der Waals surface area contributed by atoms with Crippen molar-refractivity contribution in [1.29, 1.82) is 0 Å². The van der Waals surface area contributed by atoms with Gasteiger partial charge in [0, 0.05) is 35.3 Å². The monoisotopic (exact) mass is 419 g/mol. The number of aliphatic carboxylic acids is 1. The Kier molecular flexibility index (Phi) is 5.78. The first kappa shape index (κ1) is 20.7. The van der Waals surface area contributed by atoms with Crippen molar-refractivity contribution < 1.29 is 32.3 Å². The number of hydrogen-bond acceptors (Lipinski definition) is 7. The van der Waals surface area contributed by atoms with Crippen molar-refractivity contribution in [3.05, 3.63) is 33.6 Å². The molecule has 4 rings (SSSR count). The van der Waals surface area contributed by atoms with Crippen molar-refractivity contribution in [3.8, 4) is 0 Å². The highest BCUT2D eigenvalue weighted by Gasteiger charge is 2.55. The van der Waals surface area contributed by atoms with Gasteiger partial charge in [0.1, 0.15) is 0 Å². The lowest BCUT2D eigenvalue weighted by Crippen LogP contribution is -2.35. The maximum absolute atomic E-state index is 10.6. The van der Waals surface area contributed by atoms with Gasteiger partial charge in [-0.1, -0.05) is 5.16 Å². The fraction of sp³-hybridized carbons (Fsp3) is 0.588. The molecule has 2 aliphatic rings. The van der Waals surface area contributed by atoms with E-state index in [2.05, 4.69) is 34.1 Å². The Morgan fingerprint density at radius 2 is 2.14 bits per heavy atom. The Bertz CT molecular complexity index is 838. The lowest BCUT2D eigenvalue weighted by Gasteiger charge is -2.22. The molecular weight excluding hydrogens is 399 g/mol. The van der Waals surface area contributed by atoms with E-state index in [1.807, 2.05) is 18.3 Å². The summed E-state index contributed by atoms with van der Waals surface area (Å²) in [5, 5.41) is 11.1. The first-order chi connectivity index (χ1) is 13.1. The number of carbonyl (C=O) groups is 1. The quantitative estimate of drug-likeness (QED) is 0.818. The molecule has 0 aliphatic carbocycles. The molecular formula is C17H20F3N3O4S. The molecule has 11 heteroatoms. The van der Waals surface area contributed by atoms with Gasteiger partial charge in [0.2, 0.25) is 5.89 Å². The number of rotatable bonds is 3. The lowest BCUT2D eigenvalue weighted by atomic mass is 9.81. The van der Waals surface area contributed by atoms with Crippen molar-refractivity contribution >= 4 is 17.3 Å². The van der Waals surface area contributed by atoms with Crippen molar-refractivity contribution in [2.75, 3.05) is 26.3 Å². The molecule has 0 amide bonds. The van der Waals surface area contributed by atoms with Gasteiger partial charge >= 0.3 is 12.1 Å². The molecule has 2 aromatic rings. The van der Waals surface area contributed by atoms with Gasteiger partial charge in [-0.05, 0) is 26.0 Å². The van der Waals surface area contributed by atoms with Gasteiger partial charge in [0.15, 0.2) is 5.82 Å². The molecule has 0 radical (unpaired) electrons. The van der Waals surface area contributed by atoms with Crippen LogP contribution in [-0.2, 0) is 21.5 Å². The Labute approximate surface area is 163 Å². The average Bonchev–Trinajstić information content (AvgIpc) is 3.32. The van der Waals surface area contributed by atoms with Crippen LogP contribution in [0, 0.1) is 19.8 Å². The Hall–Kier alpha value is -1.98. The summed E-state index contributed by atoms with van der Waals surface area (Å²) in [5.74, 6) is -0.837. The molecule has 7 nitrogen and oxygen atoms in total. The predicted octanol–water partition coefficient (Wildman–Crippen LogP) is 2.78. The van der Waals surface area contributed by atoms with Crippen LogP contribution in [0.1, 0.15) is 21.5 Å². The van der Waals surface area contributed by atoms with Crippen molar-refractivity contribution in [1.82, 2.24) is 15.0 Å². The van der Waals surface area contributed by atoms with Gasteiger partial charge in [-0.25, -0.2) is 4.79 Å². The lowest BCUT2D eigenvalue weighted by molar-refractivity contribution is -0.192. The molecule has 2 atom stereocenters. The molecule has 2 aromatic heterocycles. The van der Waals surface area contributed by atoms with Gasteiger partial charge < -0.3 is 14.4 Å². The van der Waals surface area contributed by atoms with Crippen LogP contribution < -0.4 is 0 Å². The number of thiophene rings is 1. The van der Waals surface area contributed by atoms with E-state index in [1.54, 1.807) is 0 Å². The highest BCUT2D eigenvalue weighted by molar-refractivity contribution is 7.11. The summed E-state index contributed by atoms with van der Waals surface area (Å²) in [6.07, 6.45) is -5.08. The van der Waals surface area contributed by atoms with E-state index in [1.165, 1.54) is 9.75 Å². The van der Waals surface area contributed by atoms with Crippen LogP contribution in [0.2, 0.25) is 0 Å². The maximum Gasteiger partial charge on any atom is 0.490 e. The second-order valence-electron chi connectivity index (χ2n) is 7.00. The number of halogens is 3. The van der Waals surface area contributed by atoms with E-state index in [0.29, 0.717) is 18.3 Å². The number of carboxylic acids is 1. The molecule has 0 unspecified atom stereocenters. The van der Waals surface area contributed by atoms with Crippen LogP contribution in [0.25, 0.3) is 0 Å². The second-order valence-corrected chi connectivity index (χ2v) is 8.37. The summed E-state index contributed by atoms with van der Waals surface area (Å²) in [7, 11) is 0. The highest BCUT2D eigenvalue weighted by atomic mass is 32.1. The van der Waals surface area contributed by atoms with E-state index in [9.17, 15) is 13.2 Å². The normalized spacial score (nSPS) is 24.7. The molecule has 0 bridgehead atoms. The Morgan fingerprint density at radius 1 is 1.43 bits per heavy atom. The molecule has 0 saturated carbocycles. The first-order valence-corrected chi connectivity index (χ1v) is 9.38. The van der Waals surface area contributed by atoms with Gasteiger partial charge in [0.05, 0.1) is 18.6 Å². The van der Waals surface area contributed by atoms with E-state index >= 15 is 0 Å². The minimum Gasteiger partial charge on any atom is -0.475 e. The van der Waals surface area contributed by atoms with Crippen LogP contribution in [0.15, 0.2) is 16.7 Å². The average molecular weight is 419 g/mol. The summed E-state index contributed by atoms with van der Waals surface area (Å²) < 4.78 is 43.0. The minimum atomic E-state index is -5.08. The number of ether oxygens (including phenoxy) is 1. The van der Waals surface area contributed by atoms with E-state index in [4.69, 9.17) is 19.2 Å². The number of fused-ring (bicyclic) bond motifs is 1. The number of nitrogens with zero attached hydrogens (tertiary/aromatic N) is 3. The third kappa shape index (κ3) is 4.36. The van der Waals surface area contributed by atoms with Crippen molar-refractivity contribution in [2.45, 2.75) is 32.0 Å². The smallest absolute Gasteiger partial charge is 0.475 e. The summed E-state index contributed by atoms with van der Waals surface area (Å²) in [5.41, 5.74) is -0.104. The fourth-order valence-corrected chi connectivity index (χ4v) is 4.49. The third-order valence-corrected chi connectivity index (χ3v) is 5.80. The summed E-state index contributed by atoms with van der Waals surface area (Å²) in [6.45, 7) is 8.50. The van der Waals surface area contributed by atoms with Crippen LogP contribution in [0.3, 0.4) is 0 Å². The first-order valence-electron chi connectivity index (χ1n) is 8.56. The number of alkyl halides is 3. The molecule has 2 aliphatic heterocycles. The van der Waals surface area contributed by atoms with E-state index in [-0.39, 0.29) is 5.41 Å². The summed E-state index contributed by atoms with van der Waals surface area (Å²) in [4.78, 5) is 18.7. The Morgan fingerprint density at radius 3 is 2.68 bits per heavy atom. The molecule has 0 aromatic carbocycles. The van der Waals surface area contributed by atoms with Crippen LogP contribution in [-0.4, -0.2) is 58.6 Å². The zero-order valence-corrected chi connectivity index (χ0v) is 16.1. The third-order valence-electron chi connectivity index (χ3n) is 4.82. The van der Waals surface area contributed by atoms with Gasteiger partial charge in [0.25, 0.3) is 0 Å². The number of carboxylic acid groups (broad SMARTS) is 1. The minimum absolute atomic E-state index is 0.104. The van der Waals surface area contributed by atoms with Crippen molar-refractivity contribution in [2.24, 2.45) is 5.92 Å². The maximum atomic E-state index is 10.6. The molecule has 0 spiro atoms. The van der Waals surface area contributed by atoms with E-state index < -0.39 is 12.1 Å². The van der Waals surface area contributed by atoms with Crippen LogP contribution in [0.5, 0.6) is 0 Å². The summed E-state index contributed by atoms with van der Waals surface area (Å²) in [6, 6.07) is 4.42. The van der Waals surface area contributed by atoms with Crippen LogP contribution >= 0.6 is 11.3 Å². The number of aromatic nitrogens is 2. The second kappa shape index (κ2) is 7.80. The molecule has 154 valence electrons. The zero-order chi connectivity index (χ0) is 20.5. The number of hydrogen-bond donors (Lipinski definition) is 1. The molecule has 4 heterocycles. The van der Waals surface area contributed by atoms with Crippen LogP contribution in [0.4, 0.5) is 13.2 Å². The van der Waals surface area contributed by atoms with Crippen molar-refractivity contribution in [3.63, 3.8) is 0 Å². The topological polar surface area (TPSA) is 88.7 Å². The van der Waals surface area contributed by atoms with Gasteiger partial charge in [-0.3, -0.25) is 4.90 Å². The van der Waals surface area contributed by atoms with Gasteiger partial charge in [-0.2, -0.15) is 18.2 Å². The number of likely N-dealkylation sites (tertiary alicyclic amines) is 1. The number of aryl methyl sites for hydroxylation is 2. The largest absolute Gasteiger partial charge is 0.490 e. The van der Waals surface area contributed by atoms with Gasteiger partial charge in [-0.15, -0.1) is 11.3 Å². The fourth-order valence-electron chi connectivity index (χ4n) is 3.55. The molecule has 2 fully saturated rings. The Balaban J connectivity index is 0.000000279. The molecule has 1 N–H and O–H groups in total. The highest BCUT2D eigenvalue weighted by Crippen LogP contribution is 2.43.